The summed E-state index contributed by atoms with van der Waals surface area (Å²) >= 11 is 6.06. The lowest BCUT2D eigenvalue weighted by molar-refractivity contribution is -0.242. The fourth-order valence-electron chi connectivity index (χ4n) is 2.29. The molecule has 1 amide bonds. The van der Waals surface area contributed by atoms with Gasteiger partial charge in [0.25, 0.3) is 15.9 Å². The maximum atomic E-state index is 12.8. The highest BCUT2D eigenvalue weighted by atomic mass is 35.5. The molecule has 2 aromatic carbocycles. The summed E-state index contributed by atoms with van der Waals surface area (Å²) in [5.41, 5.74) is -2.59. The van der Waals surface area contributed by atoms with Gasteiger partial charge in [0.2, 0.25) is 5.60 Å². The van der Waals surface area contributed by atoms with Crippen molar-refractivity contribution >= 4 is 33.2 Å². The van der Waals surface area contributed by atoms with Crippen LogP contribution in [0.5, 0.6) is 0 Å². The Morgan fingerprint density at radius 2 is 1.60 bits per heavy atom. The third-order valence-corrected chi connectivity index (χ3v) is 5.82. The molecular weight excluding hydrogens is 447 g/mol. The predicted octanol–water partition coefficient (Wildman–Crippen LogP) is 3.01. The van der Waals surface area contributed by atoms with Crippen LogP contribution in [0.25, 0.3) is 11.1 Å². The van der Waals surface area contributed by atoms with Gasteiger partial charge in [-0.05, 0) is 42.3 Å². The van der Waals surface area contributed by atoms with Gasteiger partial charge in [-0.3, -0.25) is 4.79 Å². The Morgan fingerprint density at radius 1 is 1.07 bits per heavy atom. The van der Waals surface area contributed by atoms with Crippen LogP contribution in [-0.2, 0) is 14.8 Å². The van der Waals surface area contributed by atoms with Crippen LogP contribution in [0, 0.1) is 0 Å². The Bertz CT molecular complexity index is 1040. The first kappa shape index (κ1) is 24.1. The van der Waals surface area contributed by atoms with E-state index in [1.54, 1.807) is 0 Å². The van der Waals surface area contributed by atoms with Crippen molar-refractivity contribution in [2.24, 2.45) is 0 Å². The molecule has 30 heavy (non-hydrogen) atoms. The van der Waals surface area contributed by atoms with Crippen LogP contribution in [0.3, 0.4) is 0 Å². The topological polar surface area (TPSA) is 98.7 Å². The Balaban J connectivity index is 2.24. The second-order valence-electron chi connectivity index (χ2n) is 6.73. The molecule has 0 saturated heterocycles. The summed E-state index contributed by atoms with van der Waals surface area (Å²) in [6.07, 6.45) is -5.16. The van der Waals surface area contributed by atoms with Crippen LogP contribution >= 0.6 is 11.6 Å². The number of halogens is 4. The number of carbonyl (C=O) groups is 1. The standard InChI is InChI=1S/C18H19ClF3N3O4S/c1-17(27,18(20,21)22)16(26)23-15-9-6-12(10-14(15)19)11-4-7-13(8-5-11)30(28,29)24-25(2)3/h4-10,24,27H,1-3H3,(H,23,26). The lowest BCUT2D eigenvalue weighted by Crippen LogP contribution is -2.52. The molecular formula is C18H19ClF3N3O4S. The van der Waals surface area contributed by atoms with E-state index in [1.807, 2.05) is 5.32 Å². The minimum atomic E-state index is -5.16. The highest BCUT2D eigenvalue weighted by Gasteiger charge is 2.55. The summed E-state index contributed by atoms with van der Waals surface area (Å²) in [6, 6.07) is 9.97. The van der Waals surface area contributed by atoms with Crippen molar-refractivity contribution in [1.29, 1.82) is 0 Å². The molecule has 0 aromatic heterocycles. The number of aliphatic hydroxyl groups is 1. The Labute approximate surface area is 176 Å². The van der Waals surface area contributed by atoms with Crippen LogP contribution < -0.4 is 10.1 Å². The Kier molecular flexibility index (Phi) is 6.84. The van der Waals surface area contributed by atoms with Crippen LogP contribution in [0.4, 0.5) is 18.9 Å². The predicted molar refractivity (Wildman–Crippen MR) is 106 cm³/mol. The zero-order valence-electron chi connectivity index (χ0n) is 16.1. The van der Waals surface area contributed by atoms with Crippen molar-refractivity contribution in [2.75, 3.05) is 19.4 Å². The van der Waals surface area contributed by atoms with Gasteiger partial charge in [-0.1, -0.05) is 29.8 Å². The number of hydrazine groups is 1. The van der Waals surface area contributed by atoms with Crippen LogP contribution in [0.15, 0.2) is 47.4 Å². The molecule has 0 aliphatic carbocycles. The van der Waals surface area contributed by atoms with E-state index in [0.29, 0.717) is 18.1 Å². The van der Waals surface area contributed by atoms with Gasteiger partial charge in [0.05, 0.1) is 15.6 Å². The van der Waals surface area contributed by atoms with Gasteiger partial charge in [-0.25, -0.2) is 13.4 Å². The monoisotopic (exact) mass is 465 g/mol. The number of carbonyl (C=O) groups excluding carboxylic acids is 1. The van der Waals surface area contributed by atoms with Crippen molar-refractivity contribution in [2.45, 2.75) is 23.6 Å². The van der Waals surface area contributed by atoms with Crippen molar-refractivity contribution in [3.05, 3.63) is 47.5 Å². The molecule has 3 N–H and O–H groups in total. The van der Waals surface area contributed by atoms with Gasteiger partial charge in [0.15, 0.2) is 0 Å². The van der Waals surface area contributed by atoms with E-state index in [4.69, 9.17) is 11.6 Å². The van der Waals surface area contributed by atoms with E-state index in [1.165, 1.54) is 61.6 Å². The quantitative estimate of drug-likeness (QED) is 0.570. The largest absolute Gasteiger partial charge is 0.426 e. The number of anilines is 1. The van der Waals surface area contributed by atoms with E-state index < -0.39 is 27.7 Å². The molecule has 7 nitrogen and oxygen atoms in total. The fourth-order valence-corrected chi connectivity index (χ4v) is 3.60. The Hall–Kier alpha value is -2.18. The van der Waals surface area contributed by atoms with E-state index in [-0.39, 0.29) is 15.6 Å². The van der Waals surface area contributed by atoms with E-state index >= 15 is 0 Å². The SMILES string of the molecule is CN(C)NS(=O)(=O)c1ccc(-c2ccc(NC(=O)C(C)(O)C(F)(F)F)c(Cl)c2)cc1. The normalized spacial score (nSPS) is 14.4. The molecule has 0 fully saturated rings. The van der Waals surface area contributed by atoms with Crippen molar-refractivity contribution in [1.82, 2.24) is 9.84 Å². The molecule has 0 aliphatic heterocycles. The number of benzene rings is 2. The number of alkyl halides is 3. The molecule has 0 aliphatic rings. The maximum Gasteiger partial charge on any atom is 0.426 e. The molecule has 0 heterocycles. The highest BCUT2D eigenvalue weighted by Crippen LogP contribution is 2.33. The third kappa shape index (κ3) is 5.29. The number of nitrogens with zero attached hydrogens (tertiary/aromatic N) is 1. The molecule has 0 spiro atoms. The highest BCUT2D eigenvalue weighted by molar-refractivity contribution is 7.89. The lowest BCUT2D eigenvalue weighted by atomic mass is 10.0. The molecule has 12 heteroatoms. The molecule has 2 rings (SSSR count). The van der Waals surface area contributed by atoms with Crippen molar-refractivity contribution < 1.29 is 31.5 Å². The third-order valence-electron chi connectivity index (χ3n) is 4.01. The van der Waals surface area contributed by atoms with Crippen LogP contribution in [-0.4, -0.2) is 50.3 Å². The van der Waals surface area contributed by atoms with Gasteiger partial charge in [-0.2, -0.15) is 13.2 Å². The molecule has 1 atom stereocenters. The van der Waals surface area contributed by atoms with Crippen molar-refractivity contribution in [3.63, 3.8) is 0 Å². The number of nitrogens with one attached hydrogen (secondary N) is 2. The molecule has 164 valence electrons. The first-order valence-corrected chi connectivity index (χ1v) is 10.2. The van der Waals surface area contributed by atoms with E-state index in [2.05, 4.69) is 4.83 Å². The maximum absolute atomic E-state index is 12.8. The average molecular weight is 466 g/mol. The smallest absolute Gasteiger partial charge is 0.373 e. The lowest BCUT2D eigenvalue weighted by Gasteiger charge is -2.25. The van der Waals surface area contributed by atoms with Crippen LogP contribution in [0.2, 0.25) is 5.02 Å². The summed E-state index contributed by atoms with van der Waals surface area (Å²) < 4.78 is 62.6. The van der Waals surface area contributed by atoms with Gasteiger partial charge in [0.1, 0.15) is 0 Å². The number of amides is 1. The van der Waals surface area contributed by atoms with Gasteiger partial charge in [0, 0.05) is 14.1 Å². The summed E-state index contributed by atoms with van der Waals surface area (Å²) in [6.45, 7) is 0.339. The Morgan fingerprint density at radius 3 is 2.07 bits per heavy atom. The van der Waals surface area contributed by atoms with Gasteiger partial charge < -0.3 is 10.4 Å². The van der Waals surface area contributed by atoms with E-state index in [9.17, 15) is 31.5 Å². The molecule has 0 radical (unpaired) electrons. The van der Waals surface area contributed by atoms with Gasteiger partial charge >= 0.3 is 6.18 Å². The minimum Gasteiger partial charge on any atom is -0.373 e. The average Bonchev–Trinajstić information content (AvgIpc) is 2.61. The second-order valence-corrected chi connectivity index (χ2v) is 8.80. The number of rotatable bonds is 6. The molecule has 0 saturated carbocycles. The molecule has 1 unspecified atom stereocenters. The van der Waals surface area contributed by atoms with E-state index in [0.717, 1.165) is 0 Å². The number of hydrogen-bond donors (Lipinski definition) is 3. The summed E-state index contributed by atoms with van der Waals surface area (Å²) in [7, 11) is -0.666. The second kappa shape index (κ2) is 8.52. The number of hydrogen-bond acceptors (Lipinski definition) is 5. The summed E-state index contributed by atoms with van der Waals surface area (Å²) in [4.78, 5) is 14.1. The molecule has 0 bridgehead atoms. The summed E-state index contributed by atoms with van der Waals surface area (Å²) in [5.74, 6) is -1.67. The minimum absolute atomic E-state index is 0.0318. The zero-order valence-corrected chi connectivity index (χ0v) is 17.7. The zero-order chi connectivity index (χ0) is 22.9. The number of sulfonamides is 1. The van der Waals surface area contributed by atoms with Crippen molar-refractivity contribution in [3.8, 4) is 11.1 Å². The first-order chi connectivity index (χ1) is 13.6. The fraction of sp³-hybridized carbons (Fsp3) is 0.278. The summed E-state index contributed by atoms with van der Waals surface area (Å²) in [5, 5.41) is 12.6. The first-order valence-electron chi connectivity index (χ1n) is 8.35. The van der Waals surface area contributed by atoms with Crippen LogP contribution in [0.1, 0.15) is 6.92 Å². The molecule has 2 aromatic rings. The van der Waals surface area contributed by atoms with Gasteiger partial charge in [-0.15, -0.1) is 4.83 Å².